The van der Waals surface area contributed by atoms with Crippen molar-refractivity contribution in [3.05, 3.63) is 64.1 Å². The van der Waals surface area contributed by atoms with E-state index in [-0.39, 0.29) is 22.8 Å². The Morgan fingerprint density at radius 3 is 2.60 bits per heavy atom. The van der Waals surface area contributed by atoms with Gasteiger partial charge in [-0.05, 0) is 12.1 Å². The standard InChI is InChI=1S/C15H11BrNOS.BrH/c16-12-6-2-1-5-11(12)14(18)9-17-10-19-15-8-4-3-7-13(15)17;/h1-8,10H,9H2;1H/q+1;/p-1. The maximum atomic E-state index is 12.3. The maximum absolute atomic E-state index is 12.3. The van der Waals surface area contributed by atoms with Crippen LogP contribution in [0.25, 0.3) is 10.2 Å². The third kappa shape index (κ3) is 3.00. The molecule has 1 aromatic heterocycles. The van der Waals surface area contributed by atoms with Crippen molar-refractivity contribution < 1.29 is 26.3 Å². The number of fused-ring (bicyclic) bond motifs is 1. The second kappa shape index (κ2) is 6.61. The first-order chi connectivity index (χ1) is 9.25. The minimum Gasteiger partial charge on any atom is -1.00 e. The van der Waals surface area contributed by atoms with Crippen LogP contribution in [0, 0.1) is 0 Å². The number of para-hydroxylation sites is 1. The van der Waals surface area contributed by atoms with Crippen molar-refractivity contribution in [1.82, 2.24) is 0 Å². The van der Waals surface area contributed by atoms with Crippen LogP contribution in [0.4, 0.5) is 0 Å². The molecule has 0 aliphatic carbocycles. The summed E-state index contributed by atoms with van der Waals surface area (Å²) in [6, 6.07) is 15.7. The van der Waals surface area contributed by atoms with E-state index in [0.29, 0.717) is 6.54 Å². The van der Waals surface area contributed by atoms with E-state index in [9.17, 15) is 4.79 Å². The number of aromatic nitrogens is 1. The number of benzene rings is 2. The van der Waals surface area contributed by atoms with Gasteiger partial charge in [-0.1, -0.05) is 57.6 Å². The van der Waals surface area contributed by atoms with Crippen LogP contribution in [0.1, 0.15) is 10.4 Å². The Kier molecular flexibility index (Phi) is 5.07. The highest BCUT2D eigenvalue weighted by Gasteiger charge is 2.18. The summed E-state index contributed by atoms with van der Waals surface area (Å²) < 4.78 is 4.05. The molecule has 0 saturated heterocycles. The zero-order valence-electron chi connectivity index (χ0n) is 10.4. The number of halogens is 2. The quantitative estimate of drug-likeness (QED) is 0.461. The number of carbonyl (C=O) groups is 1. The molecule has 0 bridgehead atoms. The van der Waals surface area contributed by atoms with Gasteiger partial charge in [-0.25, -0.2) is 0 Å². The molecule has 0 atom stereocenters. The van der Waals surface area contributed by atoms with E-state index >= 15 is 0 Å². The van der Waals surface area contributed by atoms with Crippen molar-refractivity contribution in [3.8, 4) is 0 Å². The van der Waals surface area contributed by atoms with Crippen LogP contribution in [0.15, 0.2) is 58.5 Å². The molecule has 3 aromatic rings. The smallest absolute Gasteiger partial charge is 0.228 e. The molecule has 102 valence electrons. The summed E-state index contributed by atoms with van der Waals surface area (Å²) >= 11 is 5.08. The first-order valence-corrected chi connectivity index (χ1v) is 7.56. The SMILES string of the molecule is O=C(C[n+]1csc2ccccc21)c1ccccc1Br.[Br-]. The summed E-state index contributed by atoms with van der Waals surface area (Å²) in [5.74, 6) is 0.112. The number of nitrogens with zero attached hydrogens (tertiary/aromatic N) is 1. The van der Waals surface area contributed by atoms with Crippen LogP contribution >= 0.6 is 27.3 Å². The van der Waals surface area contributed by atoms with E-state index in [4.69, 9.17) is 0 Å². The van der Waals surface area contributed by atoms with E-state index in [1.54, 1.807) is 11.3 Å². The molecular weight excluding hydrogens is 402 g/mol. The number of hydrogen-bond donors (Lipinski definition) is 0. The van der Waals surface area contributed by atoms with E-state index in [0.717, 1.165) is 15.6 Å². The number of Topliss-reactive ketones (excluding diaryl/α,β-unsaturated/α-hetero) is 1. The Balaban J connectivity index is 0.00000147. The van der Waals surface area contributed by atoms with E-state index in [1.807, 2.05) is 52.5 Å². The molecule has 0 amide bonds. The maximum Gasteiger partial charge on any atom is 0.228 e. The van der Waals surface area contributed by atoms with Crippen LogP contribution in [0.5, 0.6) is 0 Å². The van der Waals surface area contributed by atoms with Crippen molar-refractivity contribution in [2.45, 2.75) is 6.54 Å². The molecule has 0 radical (unpaired) electrons. The van der Waals surface area contributed by atoms with Gasteiger partial charge in [0.2, 0.25) is 23.4 Å². The summed E-state index contributed by atoms with van der Waals surface area (Å²) in [7, 11) is 0. The Bertz CT molecular complexity index is 754. The number of ketones is 1. The summed E-state index contributed by atoms with van der Waals surface area (Å²) in [6.45, 7) is 0.368. The van der Waals surface area contributed by atoms with Gasteiger partial charge in [0.05, 0.1) is 0 Å². The van der Waals surface area contributed by atoms with Gasteiger partial charge in [0.1, 0.15) is 4.70 Å². The zero-order valence-corrected chi connectivity index (χ0v) is 14.4. The number of rotatable bonds is 3. The first-order valence-electron chi connectivity index (χ1n) is 5.89. The fraction of sp³-hybridized carbons (Fsp3) is 0.0667. The first kappa shape index (κ1) is 15.4. The number of carbonyl (C=O) groups excluding carboxylic acids is 1. The highest BCUT2D eigenvalue weighted by atomic mass is 79.9. The Hall–Kier alpha value is -1.04. The van der Waals surface area contributed by atoms with Crippen LogP contribution < -0.4 is 21.5 Å². The van der Waals surface area contributed by atoms with Crippen LogP contribution in [0.2, 0.25) is 0 Å². The number of hydrogen-bond acceptors (Lipinski definition) is 2. The Morgan fingerprint density at radius 1 is 1.10 bits per heavy atom. The minimum absolute atomic E-state index is 0. The molecule has 0 saturated carbocycles. The molecule has 0 unspecified atom stereocenters. The lowest BCUT2D eigenvalue weighted by molar-refractivity contribution is -0.652. The summed E-state index contributed by atoms with van der Waals surface area (Å²) in [6.07, 6.45) is 0. The van der Waals surface area contributed by atoms with E-state index in [2.05, 4.69) is 22.0 Å². The highest BCUT2D eigenvalue weighted by molar-refractivity contribution is 9.10. The molecule has 0 aliphatic heterocycles. The van der Waals surface area contributed by atoms with Gasteiger partial charge >= 0.3 is 0 Å². The molecule has 0 aliphatic rings. The van der Waals surface area contributed by atoms with Gasteiger partial charge in [-0.3, -0.25) is 4.79 Å². The van der Waals surface area contributed by atoms with Crippen molar-refractivity contribution in [2.75, 3.05) is 0 Å². The molecule has 2 aromatic carbocycles. The molecule has 5 heteroatoms. The third-order valence-corrected chi connectivity index (χ3v) is 4.62. The van der Waals surface area contributed by atoms with E-state index in [1.165, 1.54) is 4.70 Å². The minimum atomic E-state index is 0. The number of thiazole rings is 1. The Labute approximate surface area is 140 Å². The van der Waals surface area contributed by atoms with Crippen molar-refractivity contribution in [1.29, 1.82) is 0 Å². The van der Waals surface area contributed by atoms with Gasteiger partial charge in [0, 0.05) is 16.1 Å². The fourth-order valence-corrected chi connectivity index (χ4v) is 3.42. The second-order valence-electron chi connectivity index (χ2n) is 4.22. The summed E-state index contributed by atoms with van der Waals surface area (Å²) in [4.78, 5) is 12.3. The van der Waals surface area contributed by atoms with Gasteiger partial charge in [-0.2, -0.15) is 4.57 Å². The van der Waals surface area contributed by atoms with Crippen molar-refractivity contribution >= 4 is 43.3 Å². The summed E-state index contributed by atoms with van der Waals surface area (Å²) in [5, 5.41) is 0. The highest BCUT2D eigenvalue weighted by Crippen LogP contribution is 2.18. The molecular formula is C15H11Br2NOS. The predicted molar refractivity (Wildman–Crippen MR) is 80.5 cm³/mol. The van der Waals surface area contributed by atoms with Gasteiger partial charge in [-0.15, -0.1) is 0 Å². The average molecular weight is 413 g/mol. The van der Waals surface area contributed by atoms with E-state index < -0.39 is 0 Å². The monoisotopic (exact) mass is 411 g/mol. The Morgan fingerprint density at radius 2 is 1.80 bits per heavy atom. The molecule has 0 N–H and O–H groups in total. The van der Waals surface area contributed by atoms with Gasteiger partial charge in [0.15, 0.2) is 0 Å². The topological polar surface area (TPSA) is 20.9 Å². The lowest BCUT2D eigenvalue weighted by Gasteiger charge is -2.00. The summed E-state index contributed by atoms with van der Waals surface area (Å²) in [5.41, 5.74) is 3.83. The largest absolute Gasteiger partial charge is 1.00 e. The van der Waals surface area contributed by atoms with Crippen molar-refractivity contribution in [3.63, 3.8) is 0 Å². The lowest BCUT2D eigenvalue weighted by Crippen LogP contribution is -3.00. The second-order valence-corrected chi connectivity index (χ2v) is 5.96. The predicted octanol–water partition coefficient (Wildman–Crippen LogP) is 0.838. The molecule has 0 spiro atoms. The molecule has 20 heavy (non-hydrogen) atoms. The molecule has 2 nitrogen and oxygen atoms in total. The van der Waals surface area contributed by atoms with Crippen LogP contribution in [-0.4, -0.2) is 5.78 Å². The van der Waals surface area contributed by atoms with Crippen LogP contribution in [0.3, 0.4) is 0 Å². The zero-order chi connectivity index (χ0) is 13.2. The average Bonchev–Trinajstić information content (AvgIpc) is 2.83. The molecule has 0 fully saturated rings. The van der Waals surface area contributed by atoms with Crippen LogP contribution in [-0.2, 0) is 6.54 Å². The van der Waals surface area contributed by atoms with Gasteiger partial charge < -0.3 is 17.0 Å². The van der Waals surface area contributed by atoms with Crippen molar-refractivity contribution in [2.24, 2.45) is 0 Å². The molecule has 3 rings (SSSR count). The lowest BCUT2D eigenvalue weighted by atomic mass is 10.1. The van der Waals surface area contributed by atoms with Gasteiger partial charge in [0.25, 0.3) is 0 Å². The fourth-order valence-electron chi connectivity index (χ4n) is 2.02. The third-order valence-electron chi connectivity index (χ3n) is 2.97. The normalized spacial score (nSPS) is 10.2. The molecule has 1 heterocycles.